The molecule has 0 aliphatic carbocycles. The van der Waals surface area contributed by atoms with Crippen molar-refractivity contribution >= 4 is 35.4 Å². The predicted molar refractivity (Wildman–Crippen MR) is 128 cm³/mol. The van der Waals surface area contributed by atoms with Crippen LogP contribution in [0, 0.1) is 0 Å². The highest BCUT2D eigenvalue weighted by atomic mass is 35.5. The summed E-state index contributed by atoms with van der Waals surface area (Å²) < 4.78 is 0. The Morgan fingerprint density at radius 1 is 0.733 bits per heavy atom. The average Bonchev–Trinajstić information content (AvgIpc) is 3.08. The van der Waals surface area contributed by atoms with Crippen molar-refractivity contribution in [1.82, 2.24) is 4.90 Å². The third kappa shape index (κ3) is 5.55. The first-order chi connectivity index (χ1) is 14.3. The molecule has 0 radical (unpaired) electrons. The van der Waals surface area contributed by atoms with Gasteiger partial charge in [-0.25, -0.2) is 0 Å². The van der Waals surface area contributed by atoms with Gasteiger partial charge in [0, 0.05) is 6.54 Å². The summed E-state index contributed by atoms with van der Waals surface area (Å²) in [5.41, 5.74) is 3.76. The van der Waals surface area contributed by atoms with Crippen LogP contribution in [0.4, 0.5) is 17.1 Å². The predicted octanol–water partition coefficient (Wildman–Crippen LogP) is 6.25. The van der Waals surface area contributed by atoms with Crippen molar-refractivity contribution in [1.29, 1.82) is 0 Å². The van der Waals surface area contributed by atoms with Gasteiger partial charge >= 0.3 is 0 Å². The van der Waals surface area contributed by atoms with Gasteiger partial charge in [-0.3, -0.25) is 4.79 Å². The number of unbranched alkanes of at least 4 members (excludes halogenated alkanes) is 3. The highest BCUT2D eigenvalue weighted by molar-refractivity contribution is 6.12. The van der Waals surface area contributed by atoms with Gasteiger partial charge in [-0.05, 0) is 69.6 Å². The molecule has 2 aromatic carbocycles. The van der Waals surface area contributed by atoms with Crippen LogP contribution in [0.3, 0.4) is 0 Å². The molecule has 2 aliphatic rings. The quantitative estimate of drug-likeness (QED) is 0.530. The summed E-state index contributed by atoms with van der Waals surface area (Å²) in [5.74, 6) is -0.0204. The molecule has 5 heteroatoms. The Hall–Kier alpha value is -2.04. The topological polar surface area (TPSA) is 35.6 Å². The van der Waals surface area contributed by atoms with E-state index in [4.69, 9.17) is 0 Å². The van der Waals surface area contributed by atoms with Crippen molar-refractivity contribution in [2.24, 2.45) is 0 Å². The Morgan fingerprint density at radius 2 is 1.37 bits per heavy atom. The first-order valence-electron chi connectivity index (χ1n) is 11.3. The lowest BCUT2D eigenvalue weighted by Gasteiger charge is -2.26. The lowest BCUT2D eigenvalue weighted by atomic mass is 10.1. The summed E-state index contributed by atoms with van der Waals surface area (Å²) in [5, 5.41) is 3.07. The molecular formula is C25H34ClN3O. The van der Waals surface area contributed by atoms with Crippen molar-refractivity contribution in [2.45, 2.75) is 51.4 Å². The number of para-hydroxylation sites is 3. The number of amides is 1. The summed E-state index contributed by atoms with van der Waals surface area (Å²) in [6.07, 6.45) is 10.5. The molecule has 0 unspecified atom stereocenters. The highest BCUT2D eigenvalue weighted by Gasteiger charge is 2.24. The van der Waals surface area contributed by atoms with Crippen molar-refractivity contribution in [2.75, 3.05) is 36.4 Å². The number of nitrogens with zero attached hydrogens (tertiary/aromatic N) is 2. The number of carbonyl (C=O) groups is 1. The number of anilines is 3. The van der Waals surface area contributed by atoms with Crippen LogP contribution >= 0.6 is 12.4 Å². The van der Waals surface area contributed by atoms with Gasteiger partial charge in [0.15, 0.2) is 0 Å². The van der Waals surface area contributed by atoms with E-state index in [0.717, 1.165) is 35.6 Å². The van der Waals surface area contributed by atoms with Crippen molar-refractivity contribution in [3.8, 4) is 0 Å². The van der Waals surface area contributed by atoms with Gasteiger partial charge in [-0.1, -0.05) is 49.9 Å². The number of rotatable bonds is 7. The molecule has 1 fully saturated rings. The van der Waals surface area contributed by atoms with Crippen LogP contribution in [0.15, 0.2) is 48.5 Å². The lowest BCUT2D eigenvalue weighted by Crippen LogP contribution is -2.25. The standard InChI is InChI=1S/C25H33N3O.ClH/c29-25-21-13-5-7-15-23(21)28(24-16-8-6-14-22(24)26-25)20-12-4-3-11-19-27-17-9-1-2-10-18-27;/h5-8,13-16H,1-4,9-12,17-20H2,(H,26,29);1H. The molecule has 2 heterocycles. The number of carbonyl (C=O) groups excluding carboxylic acids is 1. The smallest absolute Gasteiger partial charge is 0.257 e. The van der Waals surface area contributed by atoms with Gasteiger partial charge in [0.2, 0.25) is 0 Å². The zero-order chi connectivity index (χ0) is 19.9. The van der Waals surface area contributed by atoms with Crippen LogP contribution in [0.2, 0.25) is 0 Å². The zero-order valence-corrected chi connectivity index (χ0v) is 18.6. The minimum Gasteiger partial charge on any atom is -0.339 e. The highest BCUT2D eigenvalue weighted by Crippen LogP contribution is 2.37. The third-order valence-electron chi connectivity index (χ3n) is 6.19. The number of hydrogen-bond acceptors (Lipinski definition) is 3. The molecular weight excluding hydrogens is 394 g/mol. The molecule has 0 aromatic heterocycles. The third-order valence-corrected chi connectivity index (χ3v) is 6.19. The van der Waals surface area contributed by atoms with Crippen LogP contribution in [-0.2, 0) is 0 Å². The molecule has 0 spiro atoms. The molecule has 0 saturated carbocycles. The fourth-order valence-corrected chi connectivity index (χ4v) is 4.59. The van der Waals surface area contributed by atoms with Crippen molar-refractivity contribution in [3.05, 3.63) is 54.1 Å². The maximum Gasteiger partial charge on any atom is 0.257 e. The summed E-state index contributed by atoms with van der Waals surface area (Å²) in [6, 6.07) is 16.1. The Labute approximate surface area is 187 Å². The molecule has 1 amide bonds. The van der Waals surface area contributed by atoms with E-state index >= 15 is 0 Å². The van der Waals surface area contributed by atoms with Gasteiger partial charge < -0.3 is 15.1 Å². The van der Waals surface area contributed by atoms with E-state index in [-0.39, 0.29) is 18.3 Å². The van der Waals surface area contributed by atoms with Gasteiger partial charge in [0.05, 0.1) is 22.6 Å². The van der Waals surface area contributed by atoms with E-state index < -0.39 is 0 Å². The maximum atomic E-state index is 12.7. The fraction of sp³-hybridized carbons (Fsp3) is 0.480. The van der Waals surface area contributed by atoms with E-state index in [9.17, 15) is 4.79 Å². The summed E-state index contributed by atoms with van der Waals surface area (Å²) >= 11 is 0. The van der Waals surface area contributed by atoms with E-state index in [1.165, 1.54) is 64.6 Å². The lowest BCUT2D eigenvalue weighted by molar-refractivity contribution is 0.102. The molecule has 2 aliphatic heterocycles. The van der Waals surface area contributed by atoms with Crippen molar-refractivity contribution < 1.29 is 4.79 Å². The molecule has 0 atom stereocenters. The van der Waals surface area contributed by atoms with E-state index in [0.29, 0.717) is 0 Å². The van der Waals surface area contributed by atoms with Crippen LogP contribution in [0.5, 0.6) is 0 Å². The molecule has 4 rings (SSSR count). The first kappa shape index (κ1) is 22.6. The second-order valence-corrected chi connectivity index (χ2v) is 8.31. The molecule has 4 nitrogen and oxygen atoms in total. The van der Waals surface area contributed by atoms with Gasteiger partial charge in [0.25, 0.3) is 5.91 Å². The number of hydrogen-bond donors (Lipinski definition) is 1. The molecule has 1 N–H and O–H groups in total. The Morgan fingerprint density at radius 3 is 2.13 bits per heavy atom. The largest absolute Gasteiger partial charge is 0.339 e. The SMILES string of the molecule is Cl.O=C1Nc2ccccc2N(CCCCCCN2CCCCCC2)c2ccccc21. The number of likely N-dealkylation sites (tertiary alicyclic amines) is 1. The second kappa shape index (κ2) is 11.4. The number of benzene rings is 2. The minimum atomic E-state index is -0.0204. The van der Waals surface area contributed by atoms with Crippen LogP contribution in [0.1, 0.15) is 61.7 Å². The monoisotopic (exact) mass is 427 g/mol. The van der Waals surface area contributed by atoms with E-state index in [1.54, 1.807) is 0 Å². The van der Waals surface area contributed by atoms with E-state index in [2.05, 4.69) is 27.2 Å². The molecule has 162 valence electrons. The normalized spacial score (nSPS) is 16.5. The van der Waals surface area contributed by atoms with Crippen LogP contribution in [-0.4, -0.2) is 37.0 Å². The first-order valence-corrected chi connectivity index (χ1v) is 11.3. The van der Waals surface area contributed by atoms with E-state index in [1.807, 2.05) is 36.4 Å². The Kier molecular flexibility index (Phi) is 8.59. The second-order valence-electron chi connectivity index (χ2n) is 8.31. The number of halogens is 1. The molecule has 2 aromatic rings. The minimum absolute atomic E-state index is 0. The summed E-state index contributed by atoms with van der Waals surface area (Å²) in [4.78, 5) is 17.6. The summed E-state index contributed by atoms with van der Waals surface area (Å²) in [6.45, 7) is 4.78. The molecule has 30 heavy (non-hydrogen) atoms. The molecule has 0 bridgehead atoms. The summed E-state index contributed by atoms with van der Waals surface area (Å²) in [7, 11) is 0. The van der Waals surface area contributed by atoms with Crippen LogP contribution < -0.4 is 10.2 Å². The maximum absolute atomic E-state index is 12.7. The zero-order valence-electron chi connectivity index (χ0n) is 17.8. The fourth-order valence-electron chi connectivity index (χ4n) is 4.59. The van der Waals surface area contributed by atoms with Crippen LogP contribution in [0.25, 0.3) is 0 Å². The van der Waals surface area contributed by atoms with Gasteiger partial charge in [-0.15, -0.1) is 12.4 Å². The van der Waals surface area contributed by atoms with Gasteiger partial charge in [-0.2, -0.15) is 0 Å². The Balaban J connectivity index is 0.00000256. The number of fused-ring (bicyclic) bond motifs is 2. The van der Waals surface area contributed by atoms with Crippen molar-refractivity contribution in [3.63, 3.8) is 0 Å². The average molecular weight is 428 g/mol. The number of nitrogens with one attached hydrogen (secondary N) is 1. The Bertz CT molecular complexity index is 818. The molecule has 1 saturated heterocycles. The van der Waals surface area contributed by atoms with Gasteiger partial charge in [0.1, 0.15) is 0 Å².